The minimum atomic E-state index is -0.727. The van der Waals surface area contributed by atoms with Gasteiger partial charge < -0.3 is 20.1 Å². The van der Waals surface area contributed by atoms with Crippen LogP contribution in [-0.4, -0.2) is 55.1 Å². The second-order valence-electron chi connectivity index (χ2n) is 11.6. The Labute approximate surface area is 226 Å². The van der Waals surface area contributed by atoms with Crippen LogP contribution < -0.4 is 15.2 Å². The van der Waals surface area contributed by atoms with Crippen molar-refractivity contribution in [2.75, 3.05) is 27.7 Å². The Kier molecular flexibility index (Phi) is 9.05. The number of hydrogen-bond acceptors (Lipinski definition) is 6. The maximum atomic E-state index is 13.9. The smallest absolute Gasteiger partial charge is 0.328 e. The Hall–Kier alpha value is -3.16. The first-order valence-corrected chi connectivity index (χ1v) is 13.2. The maximum absolute atomic E-state index is 13.9. The Bertz CT molecular complexity index is 1320. The van der Waals surface area contributed by atoms with Crippen LogP contribution >= 0.6 is 0 Å². The van der Waals surface area contributed by atoms with E-state index in [1.54, 1.807) is 11.7 Å². The van der Waals surface area contributed by atoms with Gasteiger partial charge in [-0.3, -0.25) is 9.36 Å². The van der Waals surface area contributed by atoms with Gasteiger partial charge in [0.2, 0.25) is 5.91 Å². The highest BCUT2D eigenvalue weighted by Crippen LogP contribution is 2.39. The van der Waals surface area contributed by atoms with Gasteiger partial charge in [0.25, 0.3) is 0 Å². The van der Waals surface area contributed by atoms with Crippen LogP contribution in [0, 0.1) is 19.8 Å². The number of nitrogens with zero attached hydrogens (tertiary/aromatic N) is 2. The fourth-order valence-corrected chi connectivity index (χ4v) is 5.03. The Morgan fingerprint density at radius 3 is 2.39 bits per heavy atom. The molecule has 1 aromatic heterocycles. The minimum absolute atomic E-state index is 0.0412. The highest BCUT2D eigenvalue weighted by Gasteiger charge is 2.32. The Balaban J connectivity index is 2.02. The number of aryl methyl sites for hydroxylation is 2. The van der Waals surface area contributed by atoms with Gasteiger partial charge in [-0.1, -0.05) is 33.8 Å². The molecule has 1 unspecified atom stereocenters. The number of esters is 1. The van der Waals surface area contributed by atoms with Crippen LogP contribution in [-0.2, 0) is 16.6 Å². The lowest BCUT2D eigenvalue weighted by Crippen LogP contribution is -2.39. The third kappa shape index (κ3) is 6.45. The first-order valence-electron chi connectivity index (χ1n) is 13.2. The van der Waals surface area contributed by atoms with E-state index in [0.717, 1.165) is 46.1 Å². The number of fused-ring (bicyclic) bond motifs is 1. The van der Waals surface area contributed by atoms with Gasteiger partial charge in [0.05, 0.1) is 12.6 Å². The quantitative estimate of drug-likeness (QED) is 0.289. The molecular weight excluding hydrogens is 478 g/mol. The lowest BCUT2D eigenvalue weighted by Gasteiger charge is -2.29. The molecule has 0 amide bonds. The van der Waals surface area contributed by atoms with Crippen LogP contribution in [0.2, 0.25) is 0 Å². The van der Waals surface area contributed by atoms with Gasteiger partial charge in [-0.15, -0.1) is 0 Å². The molecule has 3 rings (SSSR count). The standard InChI is InChI=1S/C31H43N3O4/c1-19(2)29(32)30(36)38-26-15-20(3)14-21(4)28(26)31(5,6)17-27(35)34-18-22(12-13-33(7)8)24-11-10-23(37-9)16-25(24)34/h10-11,14-16,18-19,29H,12-13,17,32H2,1-9H3. The van der Waals surface area contributed by atoms with Gasteiger partial charge >= 0.3 is 5.97 Å². The SMILES string of the molecule is COc1ccc2c(CCN(C)C)cn(C(=O)CC(C)(C)c3c(C)cc(C)cc3OC(=O)C(N)C(C)C)c2c1. The van der Waals surface area contributed by atoms with Gasteiger partial charge in [-0.25, -0.2) is 4.79 Å². The summed E-state index contributed by atoms with van der Waals surface area (Å²) >= 11 is 0. The van der Waals surface area contributed by atoms with E-state index in [4.69, 9.17) is 15.2 Å². The number of benzene rings is 2. The molecule has 0 fully saturated rings. The molecule has 0 aliphatic heterocycles. The van der Waals surface area contributed by atoms with E-state index in [2.05, 4.69) is 11.0 Å². The molecule has 0 radical (unpaired) electrons. The van der Waals surface area contributed by atoms with E-state index in [0.29, 0.717) is 11.5 Å². The molecule has 2 aromatic carbocycles. The number of ether oxygens (including phenoxy) is 2. The summed E-state index contributed by atoms with van der Waals surface area (Å²) in [4.78, 5) is 28.8. The summed E-state index contributed by atoms with van der Waals surface area (Å²) in [5.41, 5.74) is 10.2. The number of rotatable bonds is 10. The monoisotopic (exact) mass is 521 g/mol. The van der Waals surface area contributed by atoms with E-state index in [-0.39, 0.29) is 18.2 Å². The van der Waals surface area contributed by atoms with E-state index in [9.17, 15) is 9.59 Å². The van der Waals surface area contributed by atoms with Crippen molar-refractivity contribution in [2.45, 2.75) is 65.8 Å². The number of hydrogen-bond donors (Lipinski definition) is 1. The zero-order valence-corrected chi connectivity index (χ0v) is 24.3. The van der Waals surface area contributed by atoms with E-state index >= 15 is 0 Å². The molecule has 2 N–H and O–H groups in total. The van der Waals surface area contributed by atoms with Crippen LogP contribution in [0.4, 0.5) is 0 Å². The van der Waals surface area contributed by atoms with Crippen molar-refractivity contribution < 1.29 is 19.1 Å². The number of methoxy groups -OCH3 is 1. The molecule has 0 bridgehead atoms. The molecule has 1 heterocycles. The third-order valence-corrected chi connectivity index (χ3v) is 7.11. The zero-order valence-electron chi connectivity index (χ0n) is 24.3. The molecule has 7 nitrogen and oxygen atoms in total. The number of nitrogens with two attached hydrogens (primary N) is 1. The molecule has 38 heavy (non-hydrogen) atoms. The highest BCUT2D eigenvalue weighted by molar-refractivity contribution is 5.95. The zero-order chi connectivity index (χ0) is 28.4. The number of carbonyl (C=O) groups is 2. The maximum Gasteiger partial charge on any atom is 0.328 e. The molecule has 1 atom stereocenters. The van der Waals surface area contributed by atoms with Crippen molar-refractivity contribution in [3.05, 3.63) is 58.8 Å². The van der Waals surface area contributed by atoms with Gasteiger partial charge in [0.1, 0.15) is 17.5 Å². The summed E-state index contributed by atoms with van der Waals surface area (Å²) in [7, 11) is 5.71. The van der Waals surface area contributed by atoms with Crippen LogP contribution in [0.1, 0.15) is 61.2 Å². The van der Waals surface area contributed by atoms with Crippen molar-refractivity contribution in [3.8, 4) is 11.5 Å². The highest BCUT2D eigenvalue weighted by atomic mass is 16.5. The van der Waals surface area contributed by atoms with Crippen molar-refractivity contribution in [2.24, 2.45) is 11.7 Å². The summed E-state index contributed by atoms with van der Waals surface area (Å²) in [6, 6.07) is 9.05. The Morgan fingerprint density at radius 1 is 1.11 bits per heavy atom. The number of carbonyl (C=O) groups excluding carboxylic acids is 2. The van der Waals surface area contributed by atoms with Gasteiger partial charge in [0, 0.05) is 41.6 Å². The Morgan fingerprint density at radius 2 is 1.79 bits per heavy atom. The summed E-state index contributed by atoms with van der Waals surface area (Å²) in [6.07, 6.45) is 3.00. The topological polar surface area (TPSA) is 86.8 Å². The van der Waals surface area contributed by atoms with Crippen molar-refractivity contribution >= 4 is 22.8 Å². The van der Waals surface area contributed by atoms with E-state index in [1.165, 1.54) is 0 Å². The molecule has 7 heteroatoms. The average molecular weight is 522 g/mol. The molecule has 0 aliphatic rings. The summed E-state index contributed by atoms with van der Waals surface area (Å²) in [5, 5.41) is 1.04. The molecule has 0 spiro atoms. The fourth-order valence-electron chi connectivity index (χ4n) is 5.03. The third-order valence-electron chi connectivity index (χ3n) is 7.11. The molecular formula is C31H43N3O4. The van der Waals surface area contributed by atoms with Gasteiger partial charge in [0.15, 0.2) is 0 Å². The lowest BCUT2D eigenvalue weighted by atomic mass is 9.78. The largest absolute Gasteiger partial charge is 0.497 e. The summed E-state index contributed by atoms with van der Waals surface area (Å²) in [5.74, 6) is 0.607. The van der Waals surface area contributed by atoms with Gasteiger partial charge in [-0.2, -0.15) is 0 Å². The first kappa shape index (κ1) is 29.4. The number of likely N-dealkylation sites (N-methyl/N-ethyl adjacent to an activating group) is 1. The average Bonchev–Trinajstić information content (AvgIpc) is 3.19. The summed E-state index contributed by atoms with van der Waals surface area (Å²) < 4.78 is 13.1. The van der Waals surface area contributed by atoms with Gasteiger partial charge in [-0.05, 0) is 75.2 Å². The lowest BCUT2D eigenvalue weighted by molar-refractivity contribution is -0.136. The van der Waals surface area contributed by atoms with Crippen molar-refractivity contribution in [1.82, 2.24) is 9.47 Å². The van der Waals surface area contributed by atoms with E-state index < -0.39 is 17.4 Å². The predicted molar refractivity (Wildman–Crippen MR) is 153 cm³/mol. The van der Waals surface area contributed by atoms with Crippen LogP contribution in [0.15, 0.2) is 36.5 Å². The first-order chi connectivity index (χ1) is 17.7. The summed E-state index contributed by atoms with van der Waals surface area (Å²) in [6.45, 7) is 12.6. The molecule has 0 saturated heterocycles. The van der Waals surface area contributed by atoms with Crippen molar-refractivity contribution in [1.29, 1.82) is 0 Å². The van der Waals surface area contributed by atoms with Crippen LogP contribution in [0.25, 0.3) is 10.9 Å². The molecule has 0 saturated carbocycles. The molecule has 3 aromatic rings. The second kappa shape index (κ2) is 11.7. The normalized spacial score (nSPS) is 12.8. The second-order valence-corrected chi connectivity index (χ2v) is 11.6. The molecule has 206 valence electrons. The van der Waals surface area contributed by atoms with Crippen LogP contribution in [0.5, 0.6) is 11.5 Å². The number of aromatic nitrogens is 1. The minimum Gasteiger partial charge on any atom is -0.497 e. The molecule has 0 aliphatic carbocycles. The van der Waals surface area contributed by atoms with E-state index in [1.807, 2.05) is 86.1 Å². The fraction of sp³-hybridized carbons (Fsp3) is 0.484. The van der Waals surface area contributed by atoms with Crippen LogP contribution in [0.3, 0.4) is 0 Å². The van der Waals surface area contributed by atoms with Crippen molar-refractivity contribution in [3.63, 3.8) is 0 Å². The predicted octanol–water partition coefficient (Wildman–Crippen LogP) is 5.27.